The van der Waals surface area contributed by atoms with Crippen LogP contribution in [-0.4, -0.2) is 19.6 Å². The van der Waals surface area contributed by atoms with Crippen LogP contribution in [0.15, 0.2) is 11.3 Å². The molecule has 0 spiro atoms. The molecular weight excluding hydrogens is 140 g/mol. The first kappa shape index (κ1) is 10.4. The Hall–Kier alpha value is -0.580. The Balaban J connectivity index is 4.02. The van der Waals surface area contributed by atoms with Crippen LogP contribution in [0.4, 0.5) is 0 Å². The van der Waals surface area contributed by atoms with Crippen molar-refractivity contribution in [3.05, 3.63) is 11.3 Å². The van der Waals surface area contributed by atoms with Gasteiger partial charge < -0.3 is 22.9 Å². The van der Waals surface area contributed by atoms with Gasteiger partial charge in [0.15, 0.2) is 0 Å². The maximum atomic E-state index is 5.69. The first-order valence-corrected chi connectivity index (χ1v) is 3.82. The van der Waals surface area contributed by atoms with E-state index < -0.39 is 0 Å². The van der Waals surface area contributed by atoms with E-state index in [4.69, 9.17) is 22.9 Å². The molecule has 4 heteroatoms. The number of hydrogen-bond donors (Lipinski definition) is 4. The topological polar surface area (TPSA) is 104 Å². The van der Waals surface area contributed by atoms with Crippen LogP contribution in [0.1, 0.15) is 12.8 Å². The van der Waals surface area contributed by atoms with Crippen molar-refractivity contribution in [1.82, 2.24) is 0 Å². The van der Waals surface area contributed by atoms with Gasteiger partial charge in [-0.05, 0) is 31.5 Å². The lowest BCUT2D eigenvalue weighted by Gasteiger charge is -2.07. The van der Waals surface area contributed by atoms with Gasteiger partial charge in [0, 0.05) is 12.2 Å². The van der Waals surface area contributed by atoms with E-state index in [9.17, 15) is 0 Å². The van der Waals surface area contributed by atoms with Crippen LogP contribution in [0.2, 0.25) is 0 Å². The summed E-state index contributed by atoms with van der Waals surface area (Å²) in [4.78, 5) is 0. The molecule has 4 nitrogen and oxygen atoms in total. The van der Waals surface area contributed by atoms with Crippen molar-refractivity contribution < 1.29 is 0 Å². The van der Waals surface area contributed by atoms with Gasteiger partial charge in [-0.25, -0.2) is 0 Å². The molecule has 0 rings (SSSR count). The molecule has 0 aromatic heterocycles. The quantitative estimate of drug-likeness (QED) is 0.406. The van der Waals surface area contributed by atoms with Gasteiger partial charge in [-0.3, -0.25) is 0 Å². The van der Waals surface area contributed by atoms with E-state index in [1.807, 2.05) is 0 Å². The number of hydrogen-bond acceptors (Lipinski definition) is 4. The lowest BCUT2D eigenvalue weighted by Crippen LogP contribution is -2.16. The SMILES string of the molecule is NCCC(N)=C(CN)CCN. The minimum atomic E-state index is 0.489. The molecule has 0 amide bonds. The molecular formula is C7H18N4. The summed E-state index contributed by atoms with van der Waals surface area (Å²) in [5.74, 6) is 0. The van der Waals surface area contributed by atoms with E-state index in [0.717, 1.165) is 17.7 Å². The molecule has 0 saturated heterocycles. The third-order valence-electron chi connectivity index (χ3n) is 1.56. The van der Waals surface area contributed by atoms with Crippen molar-refractivity contribution in [2.24, 2.45) is 22.9 Å². The molecule has 0 fully saturated rings. The largest absolute Gasteiger partial charge is 0.402 e. The zero-order chi connectivity index (χ0) is 8.69. The van der Waals surface area contributed by atoms with E-state index in [1.165, 1.54) is 0 Å². The van der Waals surface area contributed by atoms with Gasteiger partial charge in [0.05, 0.1) is 0 Å². The monoisotopic (exact) mass is 158 g/mol. The van der Waals surface area contributed by atoms with Crippen molar-refractivity contribution in [1.29, 1.82) is 0 Å². The van der Waals surface area contributed by atoms with Crippen LogP contribution in [0.3, 0.4) is 0 Å². The molecule has 0 aliphatic heterocycles. The second kappa shape index (κ2) is 6.15. The maximum absolute atomic E-state index is 5.69. The van der Waals surface area contributed by atoms with E-state index >= 15 is 0 Å². The van der Waals surface area contributed by atoms with Crippen molar-refractivity contribution in [3.8, 4) is 0 Å². The first-order chi connectivity index (χ1) is 5.26. The second-order valence-electron chi connectivity index (χ2n) is 2.41. The van der Waals surface area contributed by atoms with Crippen molar-refractivity contribution in [2.75, 3.05) is 19.6 Å². The molecule has 0 aliphatic rings. The van der Waals surface area contributed by atoms with Crippen LogP contribution >= 0.6 is 0 Å². The predicted molar refractivity (Wildman–Crippen MR) is 47.6 cm³/mol. The lowest BCUT2D eigenvalue weighted by atomic mass is 10.1. The molecule has 0 aliphatic carbocycles. The minimum Gasteiger partial charge on any atom is -0.402 e. The minimum absolute atomic E-state index is 0.489. The summed E-state index contributed by atoms with van der Waals surface area (Å²) in [5.41, 5.74) is 23.7. The van der Waals surface area contributed by atoms with E-state index in [0.29, 0.717) is 26.1 Å². The Morgan fingerprint density at radius 2 is 1.45 bits per heavy atom. The average Bonchev–Trinajstić information content (AvgIpc) is 2.00. The Kier molecular flexibility index (Phi) is 5.83. The zero-order valence-electron chi connectivity index (χ0n) is 6.84. The van der Waals surface area contributed by atoms with Gasteiger partial charge in [0.1, 0.15) is 0 Å². The third-order valence-corrected chi connectivity index (χ3v) is 1.56. The Labute approximate surface area is 67.6 Å². The average molecular weight is 158 g/mol. The van der Waals surface area contributed by atoms with E-state index in [-0.39, 0.29) is 0 Å². The molecule has 11 heavy (non-hydrogen) atoms. The summed E-state index contributed by atoms with van der Waals surface area (Å²) in [6.45, 7) is 1.65. The number of rotatable bonds is 5. The first-order valence-electron chi connectivity index (χ1n) is 3.82. The highest BCUT2D eigenvalue weighted by molar-refractivity contribution is 5.12. The van der Waals surface area contributed by atoms with Gasteiger partial charge >= 0.3 is 0 Å². The Morgan fingerprint density at radius 1 is 0.909 bits per heavy atom. The van der Waals surface area contributed by atoms with Gasteiger partial charge in [0.2, 0.25) is 0 Å². The smallest absolute Gasteiger partial charge is 0.0157 e. The molecule has 0 heterocycles. The van der Waals surface area contributed by atoms with Gasteiger partial charge in [0.25, 0.3) is 0 Å². The summed E-state index contributed by atoms with van der Waals surface area (Å²) in [6, 6.07) is 0. The summed E-state index contributed by atoms with van der Waals surface area (Å²) in [6.07, 6.45) is 1.49. The molecule has 0 aromatic carbocycles. The van der Waals surface area contributed by atoms with Crippen LogP contribution < -0.4 is 22.9 Å². The fourth-order valence-electron chi connectivity index (χ4n) is 0.900. The van der Waals surface area contributed by atoms with Crippen molar-refractivity contribution in [2.45, 2.75) is 12.8 Å². The molecule has 0 atom stereocenters. The summed E-state index contributed by atoms with van der Waals surface area (Å²) in [5, 5.41) is 0. The molecule has 66 valence electrons. The number of nitrogens with two attached hydrogens (primary N) is 4. The van der Waals surface area contributed by atoms with E-state index in [1.54, 1.807) is 0 Å². The molecule has 8 N–H and O–H groups in total. The summed E-state index contributed by atoms with van der Waals surface area (Å²) < 4.78 is 0. The van der Waals surface area contributed by atoms with Gasteiger partial charge in [-0.2, -0.15) is 0 Å². The van der Waals surface area contributed by atoms with Gasteiger partial charge in [-0.15, -0.1) is 0 Å². The third kappa shape index (κ3) is 3.98. The summed E-state index contributed by atoms with van der Waals surface area (Å²) >= 11 is 0. The molecule has 0 unspecified atom stereocenters. The maximum Gasteiger partial charge on any atom is 0.0157 e. The Bertz CT molecular complexity index is 130. The van der Waals surface area contributed by atoms with Gasteiger partial charge in [-0.1, -0.05) is 0 Å². The fourth-order valence-corrected chi connectivity index (χ4v) is 0.900. The highest BCUT2D eigenvalue weighted by Gasteiger charge is 1.99. The molecule has 0 aromatic rings. The molecule has 0 saturated carbocycles. The standard InChI is InChI=1S/C7H18N4/c8-3-1-6(5-10)7(11)2-4-9/h1-5,8-11H2. The van der Waals surface area contributed by atoms with Crippen LogP contribution in [-0.2, 0) is 0 Å². The van der Waals surface area contributed by atoms with Crippen LogP contribution in [0.5, 0.6) is 0 Å². The highest BCUT2D eigenvalue weighted by atomic mass is 14.6. The molecule has 0 bridgehead atoms. The van der Waals surface area contributed by atoms with E-state index in [2.05, 4.69) is 0 Å². The predicted octanol–water partition coefficient (Wildman–Crippen LogP) is -1.14. The van der Waals surface area contributed by atoms with Crippen LogP contribution in [0.25, 0.3) is 0 Å². The van der Waals surface area contributed by atoms with Crippen molar-refractivity contribution >= 4 is 0 Å². The zero-order valence-corrected chi connectivity index (χ0v) is 6.84. The Morgan fingerprint density at radius 3 is 1.82 bits per heavy atom. The highest BCUT2D eigenvalue weighted by Crippen LogP contribution is 2.03. The fraction of sp³-hybridized carbons (Fsp3) is 0.714. The normalized spacial score (nSPS) is 13.0. The summed E-state index contributed by atoms with van der Waals surface area (Å²) in [7, 11) is 0. The lowest BCUT2D eigenvalue weighted by molar-refractivity contribution is 0.842. The van der Waals surface area contributed by atoms with Crippen molar-refractivity contribution in [3.63, 3.8) is 0 Å². The van der Waals surface area contributed by atoms with Crippen LogP contribution in [0, 0.1) is 0 Å². The second-order valence-corrected chi connectivity index (χ2v) is 2.41. The molecule has 0 radical (unpaired) electrons.